The Hall–Kier alpha value is -0.420. The third kappa shape index (κ3) is 3.07. The second kappa shape index (κ2) is 5.96. The topological polar surface area (TPSA) is 38.7 Å². The van der Waals surface area contributed by atoms with Crippen LogP contribution in [0.1, 0.15) is 24.6 Å². The van der Waals surface area contributed by atoms with Crippen LogP contribution >= 0.6 is 11.3 Å². The van der Waals surface area contributed by atoms with Crippen LogP contribution in [0.25, 0.3) is 0 Å². The van der Waals surface area contributed by atoms with E-state index in [1.807, 2.05) is 18.4 Å². The average Bonchev–Trinajstić information content (AvgIpc) is 2.83. The fraction of sp³-hybridized carbons (Fsp3) is 0.692. The van der Waals surface area contributed by atoms with Gasteiger partial charge in [-0.1, -0.05) is 6.07 Å². The minimum Gasteiger partial charge on any atom is -0.390 e. The first-order chi connectivity index (χ1) is 8.27. The van der Waals surface area contributed by atoms with Crippen LogP contribution in [0, 0.1) is 0 Å². The zero-order chi connectivity index (χ0) is 12.1. The lowest BCUT2D eigenvalue weighted by atomic mass is 9.86. The highest BCUT2D eigenvalue weighted by Crippen LogP contribution is 2.31. The number of ether oxygens (including phenoxy) is 2. The number of thiophene rings is 1. The van der Waals surface area contributed by atoms with E-state index in [1.54, 1.807) is 11.3 Å². The number of aliphatic hydroxyl groups is 1. The molecule has 1 unspecified atom stereocenters. The Morgan fingerprint density at radius 1 is 1.53 bits per heavy atom. The molecule has 0 bridgehead atoms. The molecule has 0 aliphatic carbocycles. The molecule has 3 nitrogen and oxygen atoms in total. The molecule has 1 fully saturated rings. The van der Waals surface area contributed by atoms with Crippen molar-refractivity contribution < 1.29 is 14.6 Å². The fourth-order valence-corrected chi connectivity index (χ4v) is 3.13. The predicted molar refractivity (Wildman–Crippen MR) is 68.4 cm³/mol. The minimum atomic E-state index is -0.440. The van der Waals surface area contributed by atoms with Gasteiger partial charge in [-0.05, 0) is 18.4 Å². The lowest BCUT2D eigenvalue weighted by Gasteiger charge is -2.40. The third-order valence-corrected chi connectivity index (χ3v) is 4.25. The summed E-state index contributed by atoms with van der Waals surface area (Å²) in [4.78, 5) is 1.21. The second-order valence-electron chi connectivity index (χ2n) is 4.41. The first-order valence-corrected chi connectivity index (χ1v) is 7.07. The maximum absolute atomic E-state index is 10.5. The Balaban J connectivity index is 2.03. The average molecular weight is 256 g/mol. The summed E-state index contributed by atoms with van der Waals surface area (Å²) < 4.78 is 11.2. The van der Waals surface area contributed by atoms with Crippen molar-refractivity contribution in [3.63, 3.8) is 0 Å². The van der Waals surface area contributed by atoms with Crippen molar-refractivity contribution in [2.24, 2.45) is 0 Å². The third-order valence-electron chi connectivity index (χ3n) is 3.35. The van der Waals surface area contributed by atoms with Gasteiger partial charge in [-0.15, -0.1) is 11.3 Å². The summed E-state index contributed by atoms with van der Waals surface area (Å²) >= 11 is 1.69. The molecule has 0 radical (unpaired) electrons. The molecule has 1 saturated heterocycles. The molecule has 1 aromatic heterocycles. The van der Waals surface area contributed by atoms with Crippen LogP contribution in [0.3, 0.4) is 0 Å². The van der Waals surface area contributed by atoms with Crippen LogP contribution in [0.2, 0.25) is 0 Å². The van der Waals surface area contributed by atoms with Gasteiger partial charge in [-0.2, -0.15) is 0 Å². The summed E-state index contributed by atoms with van der Waals surface area (Å²) in [6.45, 7) is 3.99. The van der Waals surface area contributed by atoms with Gasteiger partial charge < -0.3 is 14.6 Å². The van der Waals surface area contributed by atoms with E-state index in [2.05, 4.69) is 6.07 Å². The highest BCUT2D eigenvalue weighted by Gasteiger charge is 2.40. The highest BCUT2D eigenvalue weighted by atomic mass is 32.1. The summed E-state index contributed by atoms with van der Waals surface area (Å²) in [5.41, 5.74) is -0.406. The molecular weight excluding hydrogens is 236 g/mol. The van der Waals surface area contributed by atoms with Gasteiger partial charge in [0, 0.05) is 44.0 Å². The summed E-state index contributed by atoms with van der Waals surface area (Å²) in [5, 5.41) is 12.5. The zero-order valence-corrected chi connectivity index (χ0v) is 11.0. The molecule has 96 valence electrons. The standard InChI is InChI=1S/C13H20O3S/c1-2-16-13(5-7-15-8-6-13)12(14)10-11-4-3-9-17-11/h3-4,9,12,14H,2,5-8,10H2,1H3. The van der Waals surface area contributed by atoms with Crippen LogP contribution in [-0.2, 0) is 15.9 Å². The van der Waals surface area contributed by atoms with Gasteiger partial charge in [-0.3, -0.25) is 0 Å². The first-order valence-electron chi connectivity index (χ1n) is 6.19. The van der Waals surface area contributed by atoms with Gasteiger partial charge in [0.2, 0.25) is 0 Å². The van der Waals surface area contributed by atoms with E-state index in [-0.39, 0.29) is 0 Å². The van der Waals surface area contributed by atoms with Crippen molar-refractivity contribution in [3.05, 3.63) is 22.4 Å². The molecular formula is C13H20O3S. The lowest BCUT2D eigenvalue weighted by molar-refractivity contribution is -0.165. The van der Waals surface area contributed by atoms with E-state index in [0.29, 0.717) is 26.2 Å². The molecule has 17 heavy (non-hydrogen) atoms. The van der Waals surface area contributed by atoms with Gasteiger partial charge in [0.25, 0.3) is 0 Å². The Bertz CT molecular complexity index is 312. The maximum Gasteiger partial charge on any atom is 0.0987 e. The van der Waals surface area contributed by atoms with Gasteiger partial charge >= 0.3 is 0 Å². The smallest absolute Gasteiger partial charge is 0.0987 e. The van der Waals surface area contributed by atoms with Gasteiger partial charge in [0.05, 0.1) is 11.7 Å². The predicted octanol–water partition coefficient (Wildman–Crippen LogP) is 2.24. The number of aliphatic hydroxyl groups excluding tert-OH is 1. The Morgan fingerprint density at radius 2 is 2.29 bits per heavy atom. The second-order valence-corrected chi connectivity index (χ2v) is 5.44. The van der Waals surface area contributed by atoms with Crippen molar-refractivity contribution in [1.82, 2.24) is 0 Å². The Labute approximate surface area is 106 Å². The van der Waals surface area contributed by atoms with Crippen LogP contribution in [0.5, 0.6) is 0 Å². The first kappa shape index (κ1) is 13.0. The molecule has 2 heterocycles. The molecule has 0 saturated carbocycles. The van der Waals surface area contributed by atoms with Crippen LogP contribution in [0.4, 0.5) is 0 Å². The van der Waals surface area contributed by atoms with Gasteiger partial charge in [0.1, 0.15) is 0 Å². The quantitative estimate of drug-likeness (QED) is 0.878. The molecule has 2 rings (SSSR count). The summed E-state index contributed by atoms with van der Waals surface area (Å²) in [6.07, 6.45) is 1.81. The van der Waals surface area contributed by atoms with Gasteiger partial charge in [0.15, 0.2) is 0 Å². The molecule has 0 spiro atoms. The van der Waals surface area contributed by atoms with E-state index >= 15 is 0 Å². The van der Waals surface area contributed by atoms with Crippen molar-refractivity contribution in [2.75, 3.05) is 19.8 Å². The molecule has 1 aromatic rings. The number of hydrogen-bond donors (Lipinski definition) is 1. The monoisotopic (exact) mass is 256 g/mol. The van der Waals surface area contributed by atoms with Crippen molar-refractivity contribution in [1.29, 1.82) is 0 Å². The van der Waals surface area contributed by atoms with Crippen LogP contribution in [-0.4, -0.2) is 36.6 Å². The van der Waals surface area contributed by atoms with Crippen molar-refractivity contribution in [2.45, 2.75) is 37.9 Å². The summed E-state index contributed by atoms with van der Waals surface area (Å²) in [5.74, 6) is 0. The highest BCUT2D eigenvalue weighted by molar-refractivity contribution is 7.09. The van der Waals surface area contributed by atoms with E-state index in [1.165, 1.54) is 4.88 Å². The van der Waals surface area contributed by atoms with Crippen LogP contribution < -0.4 is 0 Å². The zero-order valence-electron chi connectivity index (χ0n) is 10.2. The molecule has 4 heteroatoms. The maximum atomic E-state index is 10.5. The largest absolute Gasteiger partial charge is 0.390 e. The van der Waals surface area contributed by atoms with Crippen LogP contribution in [0.15, 0.2) is 17.5 Å². The van der Waals surface area contributed by atoms with E-state index in [4.69, 9.17) is 9.47 Å². The molecule has 1 aliphatic rings. The number of rotatable bonds is 5. The SMILES string of the molecule is CCOC1(C(O)Cc2cccs2)CCOCC1. The molecule has 1 N–H and O–H groups in total. The van der Waals surface area contributed by atoms with E-state index in [9.17, 15) is 5.11 Å². The van der Waals surface area contributed by atoms with E-state index in [0.717, 1.165) is 12.8 Å². The molecule has 0 amide bonds. The Kier molecular flexibility index (Phi) is 4.56. The van der Waals surface area contributed by atoms with Crippen molar-refractivity contribution in [3.8, 4) is 0 Å². The Morgan fingerprint density at radius 3 is 2.88 bits per heavy atom. The van der Waals surface area contributed by atoms with E-state index < -0.39 is 11.7 Å². The van der Waals surface area contributed by atoms with Crippen molar-refractivity contribution >= 4 is 11.3 Å². The fourth-order valence-electron chi connectivity index (χ4n) is 2.38. The summed E-state index contributed by atoms with van der Waals surface area (Å²) in [7, 11) is 0. The van der Waals surface area contributed by atoms with Gasteiger partial charge in [-0.25, -0.2) is 0 Å². The molecule has 0 aromatic carbocycles. The molecule has 1 atom stereocenters. The summed E-state index contributed by atoms with van der Waals surface area (Å²) in [6, 6.07) is 4.08. The molecule has 1 aliphatic heterocycles. The normalized spacial score (nSPS) is 21.3. The lowest BCUT2D eigenvalue weighted by Crippen LogP contribution is -2.50. The minimum absolute atomic E-state index is 0.406. The number of hydrogen-bond acceptors (Lipinski definition) is 4.